The highest BCUT2D eigenvalue weighted by molar-refractivity contribution is 5.77. The Bertz CT molecular complexity index is 1180. The van der Waals surface area contributed by atoms with Crippen LogP contribution in [0.5, 0.6) is 5.75 Å². The zero-order valence-corrected chi connectivity index (χ0v) is 17.5. The summed E-state index contributed by atoms with van der Waals surface area (Å²) < 4.78 is 10.1. The predicted molar refractivity (Wildman–Crippen MR) is 115 cm³/mol. The minimum atomic E-state index is -0.419. The lowest BCUT2D eigenvalue weighted by atomic mass is 10.1. The monoisotopic (exact) mass is 413 g/mol. The van der Waals surface area contributed by atoms with Gasteiger partial charge in [-0.05, 0) is 43.5 Å². The Morgan fingerprint density at radius 3 is 2.60 bits per heavy atom. The Morgan fingerprint density at radius 1 is 1.20 bits per heavy atom. The maximum Gasteiger partial charge on any atom is 0.332 e. The lowest BCUT2D eigenvalue weighted by molar-refractivity contribution is 0.277. The molecule has 0 amide bonds. The number of aryl methyl sites for hydroxylation is 1. The SMILES string of the molecule is CCOc1ccc(N2CC(C)Cn3c2nc2c3c(=O)n(CCCO)c(=O)n2C)cc1. The van der Waals surface area contributed by atoms with E-state index in [0.29, 0.717) is 36.7 Å². The normalized spacial score (nSPS) is 16.1. The molecule has 2 aromatic heterocycles. The number of aliphatic hydroxyl groups excluding tert-OH is 1. The van der Waals surface area contributed by atoms with Gasteiger partial charge in [0, 0.05) is 39.0 Å². The van der Waals surface area contributed by atoms with E-state index >= 15 is 0 Å². The number of benzene rings is 1. The zero-order valence-electron chi connectivity index (χ0n) is 17.5. The number of imidazole rings is 1. The van der Waals surface area contributed by atoms with Gasteiger partial charge in [0.15, 0.2) is 11.2 Å². The maximum atomic E-state index is 13.2. The Balaban J connectivity index is 1.88. The molecule has 1 unspecified atom stereocenters. The highest BCUT2D eigenvalue weighted by atomic mass is 16.5. The molecule has 9 heteroatoms. The molecule has 0 saturated carbocycles. The fraction of sp³-hybridized carbons (Fsp3) is 0.476. The molecule has 30 heavy (non-hydrogen) atoms. The summed E-state index contributed by atoms with van der Waals surface area (Å²) in [5.74, 6) is 1.73. The van der Waals surface area contributed by atoms with Crippen LogP contribution in [-0.4, -0.2) is 43.6 Å². The van der Waals surface area contributed by atoms with Gasteiger partial charge in [0.2, 0.25) is 5.95 Å². The zero-order chi connectivity index (χ0) is 21.4. The number of aliphatic hydroxyl groups is 1. The second-order valence-electron chi connectivity index (χ2n) is 7.71. The third-order valence-electron chi connectivity index (χ3n) is 5.44. The molecule has 0 radical (unpaired) electrons. The highest BCUT2D eigenvalue weighted by Gasteiger charge is 2.29. The van der Waals surface area contributed by atoms with Gasteiger partial charge < -0.3 is 19.3 Å². The Labute approximate surface area is 173 Å². The van der Waals surface area contributed by atoms with Gasteiger partial charge in [-0.2, -0.15) is 4.98 Å². The van der Waals surface area contributed by atoms with Crippen LogP contribution in [0.3, 0.4) is 0 Å². The van der Waals surface area contributed by atoms with Crippen molar-refractivity contribution >= 4 is 22.8 Å². The number of nitrogens with zero attached hydrogens (tertiary/aromatic N) is 5. The van der Waals surface area contributed by atoms with Crippen LogP contribution in [0, 0.1) is 5.92 Å². The summed E-state index contributed by atoms with van der Waals surface area (Å²) in [6.45, 7) is 6.17. The third-order valence-corrected chi connectivity index (χ3v) is 5.44. The second-order valence-corrected chi connectivity index (χ2v) is 7.71. The van der Waals surface area contributed by atoms with Gasteiger partial charge in [0.05, 0.1) is 6.61 Å². The number of hydrogen-bond donors (Lipinski definition) is 1. The van der Waals surface area contributed by atoms with Gasteiger partial charge in [-0.25, -0.2) is 4.79 Å². The van der Waals surface area contributed by atoms with Crippen molar-refractivity contribution < 1.29 is 9.84 Å². The molecule has 1 aliphatic rings. The van der Waals surface area contributed by atoms with Crippen molar-refractivity contribution in [3.63, 3.8) is 0 Å². The summed E-state index contributed by atoms with van der Waals surface area (Å²) in [6.07, 6.45) is 0.344. The van der Waals surface area contributed by atoms with Crippen LogP contribution in [0.1, 0.15) is 20.3 Å². The Kier molecular flexibility index (Phi) is 5.38. The van der Waals surface area contributed by atoms with Gasteiger partial charge in [0.1, 0.15) is 5.75 Å². The largest absolute Gasteiger partial charge is 0.494 e. The number of aromatic nitrogens is 4. The van der Waals surface area contributed by atoms with Crippen molar-refractivity contribution in [3.05, 3.63) is 45.1 Å². The topological polar surface area (TPSA) is 94.5 Å². The molecule has 0 aliphatic carbocycles. The summed E-state index contributed by atoms with van der Waals surface area (Å²) in [5, 5.41) is 9.14. The predicted octanol–water partition coefficient (Wildman–Crippen LogP) is 1.47. The van der Waals surface area contributed by atoms with Crippen molar-refractivity contribution in [2.45, 2.75) is 33.4 Å². The van der Waals surface area contributed by atoms with Crippen LogP contribution >= 0.6 is 0 Å². The molecule has 160 valence electrons. The first-order valence-corrected chi connectivity index (χ1v) is 10.3. The molecular weight excluding hydrogens is 386 g/mol. The van der Waals surface area contributed by atoms with E-state index in [2.05, 4.69) is 11.8 Å². The van der Waals surface area contributed by atoms with E-state index in [0.717, 1.165) is 18.0 Å². The first kappa shape index (κ1) is 20.2. The summed E-state index contributed by atoms with van der Waals surface area (Å²) in [7, 11) is 1.63. The minimum absolute atomic E-state index is 0.0826. The molecule has 3 aromatic rings. The van der Waals surface area contributed by atoms with Gasteiger partial charge in [0.25, 0.3) is 5.56 Å². The summed E-state index contributed by atoms with van der Waals surface area (Å²) in [6, 6.07) is 7.79. The minimum Gasteiger partial charge on any atom is -0.494 e. The average molecular weight is 413 g/mol. The third kappa shape index (κ3) is 3.28. The second kappa shape index (κ2) is 7.98. The van der Waals surface area contributed by atoms with E-state index < -0.39 is 5.69 Å². The highest BCUT2D eigenvalue weighted by Crippen LogP contribution is 2.33. The molecule has 1 N–H and O–H groups in total. The molecule has 0 spiro atoms. The first-order valence-electron chi connectivity index (χ1n) is 10.3. The quantitative estimate of drug-likeness (QED) is 0.658. The smallest absolute Gasteiger partial charge is 0.332 e. The van der Waals surface area contributed by atoms with E-state index in [1.807, 2.05) is 35.8 Å². The van der Waals surface area contributed by atoms with Crippen molar-refractivity contribution in [1.82, 2.24) is 18.7 Å². The average Bonchev–Trinajstić information content (AvgIpc) is 3.12. The molecule has 0 bridgehead atoms. The van der Waals surface area contributed by atoms with Crippen molar-refractivity contribution in [2.75, 3.05) is 24.7 Å². The van der Waals surface area contributed by atoms with Crippen molar-refractivity contribution in [2.24, 2.45) is 13.0 Å². The number of rotatable bonds is 6. The van der Waals surface area contributed by atoms with Crippen LogP contribution in [0.15, 0.2) is 33.9 Å². The molecule has 9 nitrogen and oxygen atoms in total. The molecule has 1 aromatic carbocycles. The number of anilines is 2. The lowest BCUT2D eigenvalue weighted by Crippen LogP contribution is -2.40. The molecule has 0 saturated heterocycles. The van der Waals surface area contributed by atoms with Crippen LogP contribution in [0.25, 0.3) is 11.2 Å². The summed E-state index contributed by atoms with van der Waals surface area (Å²) in [5.41, 5.74) is 0.975. The van der Waals surface area contributed by atoms with E-state index in [1.165, 1.54) is 9.13 Å². The Hall–Kier alpha value is -3.07. The fourth-order valence-corrected chi connectivity index (χ4v) is 4.04. The van der Waals surface area contributed by atoms with Gasteiger partial charge in [-0.3, -0.25) is 13.9 Å². The Morgan fingerprint density at radius 2 is 1.93 bits per heavy atom. The van der Waals surface area contributed by atoms with Crippen LogP contribution < -0.4 is 20.9 Å². The molecule has 4 rings (SSSR count). The van der Waals surface area contributed by atoms with Gasteiger partial charge in [-0.1, -0.05) is 6.92 Å². The summed E-state index contributed by atoms with van der Waals surface area (Å²) in [4.78, 5) is 32.7. The molecule has 1 atom stereocenters. The van der Waals surface area contributed by atoms with Crippen LogP contribution in [-0.2, 0) is 20.1 Å². The van der Waals surface area contributed by atoms with Crippen molar-refractivity contribution in [1.29, 1.82) is 0 Å². The maximum absolute atomic E-state index is 13.2. The van der Waals surface area contributed by atoms with E-state index in [9.17, 15) is 9.59 Å². The molecule has 3 heterocycles. The fourth-order valence-electron chi connectivity index (χ4n) is 4.04. The standard InChI is InChI=1S/C21H27N5O4/c1-4-30-16-8-6-15(7-9-16)25-12-14(2)13-26-17-18(22-20(25)26)23(3)21(29)24(19(17)28)10-5-11-27/h6-9,14,27H,4-5,10-13H2,1-3H3. The van der Waals surface area contributed by atoms with E-state index in [-0.39, 0.29) is 24.6 Å². The lowest BCUT2D eigenvalue weighted by Gasteiger charge is -2.33. The summed E-state index contributed by atoms with van der Waals surface area (Å²) >= 11 is 0. The van der Waals surface area contributed by atoms with Crippen LogP contribution in [0.4, 0.5) is 11.6 Å². The number of hydrogen-bond acceptors (Lipinski definition) is 6. The molecular formula is C21H27N5O4. The molecule has 0 fully saturated rings. The first-order chi connectivity index (χ1) is 14.5. The van der Waals surface area contributed by atoms with Crippen molar-refractivity contribution in [3.8, 4) is 5.75 Å². The van der Waals surface area contributed by atoms with Gasteiger partial charge in [-0.15, -0.1) is 0 Å². The van der Waals surface area contributed by atoms with Crippen LogP contribution in [0.2, 0.25) is 0 Å². The molecule has 1 aliphatic heterocycles. The van der Waals surface area contributed by atoms with Gasteiger partial charge >= 0.3 is 5.69 Å². The van der Waals surface area contributed by atoms with E-state index in [4.69, 9.17) is 14.8 Å². The number of ether oxygens (including phenoxy) is 1. The van der Waals surface area contributed by atoms with E-state index in [1.54, 1.807) is 7.05 Å². The number of fused-ring (bicyclic) bond motifs is 3.